The Morgan fingerprint density at radius 3 is 2.61 bits per heavy atom. The van der Waals surface area contributed by atoms with E-state index in [-0.39, 0.29) is 25.7 Å². The van der Waals surface area contributed by atoms with Crippen molar-refractivity contribution in [2.75, 3.05) is 33.3 Å². The standard InChI is InChI=1S/C12H22N2O4/c1-3-4-12(10(16)17)5-6-14(9-12)11(18)13(2)7-8-15/h15H,3-9H2,1-2H3,(H,16,17). The van der Waals surface area contributed by atoms with Gasteiger partial charge in [-0.3, -0.25) is 4.79 Å². The van der Waals surface area contributed by atoms with Gasteiger partial charge in [0.1, 0.15) is 0 Å². The van der Waals surface area contributed by atoms with Gasteiger partial charge in [-0.05, 0) is 12.8 Å². The van der Waals surface area contributed by atoms with Crippen LogP contribution in [0.5, 0.6) is 0 Å². The predicted molar refractivity (Wildman–Crippen MR) is 66.3 cm³/mol. The van der Waals surface area contributed by atoms with E-state index in [2.05, 4.69) is 0 Å². The van der Waals surface area contributed by atoms with E-state index in [4.69, 9.17) is 5.11 Å². The lowest BCUT2D eigenvalue weighted by Crippen LogP contribution is -2.43. The third-order valence-corrected chi connectivity index (χ3v) is 3.57. The zero-order valence-corrected chi connectivity index (χ0v) is 11.1. The minimum atomic E-state index is -0.815. The highest BCUT2D eigenvalue weighted by Gasteiger charge is 2.45. The number of aliphatic hydroxyl groups is 1. The van der Waals surface area contributed by atoms with E-state index in [0.29, 0.717) is 19.4 Å². The van der Waals surface area contributed by atoms with Gasteiger partial charge in [0.15, 0.2) is 0 Å². The zero-order chi connectivity index (χ0) is 13.8. The number of aliphatic carboxylic acids is 1. The fraction of sp³-hybridized carbons (Fsp3) is 0.833. The molecular formula is C12H22N2O4. The van der Waals surface area contributed by atoms with Crippen LogP contribution in [0.1, 0.15) is 26.2 Å². The van der Waals surface area contributed by atoms with Gasteiger partial charge in [0, 0.05) is 26.7 Å². The van der Waals surface area contributed by atoms with Crippen LogP contribution >= 0.6 is 0 Å². The summed E-state index contributed by atoms with van der Waals surface area (Å²) in [5.74, 6) is -0.815. The van der Waals surface area contributed by atoms with Gasteiger partial charge in [0.25, 0.3) is 0 Å². The van der Waals surface area contributed by atoms with Crippen molar-refractivity contribution in [3.63, 3.8) is 0 Å². The molecule has 1 heterocycles. The molecule has 0 spiro atoms. The molecule has 0 aromatic heterocycles. The molecule has 2 N–H and O–H groups in total. The summed E-state index contributed by atoms with van der Waals surface area (Å²) in [6, 6.07) is -0.205. The molecule has 1 rings (SSSR count). The Balaban J connectivity index is 2.69. The first-order valence-corrected chi connectivity index (χ1v) is 6.31. The van der Waals surface area contributed by atoms with E-state index in [1.165, 1.54) is 4.90 Å². The lowest BCUT2D eigenvalue weighted by molar-refractivity contribution is -0.148. The van der Waals surface area contributed by atoms with Crippen molar-refractivity contribution < 1.29 is 19.8 Å². The quantitative estimate of drug-likeness (QED) is 0.757. The van der Waals surface area contributed by atoms with E-state index in [0.717, 1.165) is 6.42 Å². The number of hydrogen-bond donors (Lipinski definition) is 2. The van der Waals surface area contributed by atoms with Crippen molar-refractivity contribution in [2.45, 2.75) is 26.2 Å². The first-order chi connectivity index (χ1) is 8.46. The summed E-state index contributed by atoms with van der Waals surface area (Å²) in [4.78, 5) is 26.4. The van der Waals surface area contributed by atoms with E-state index in [1.54, 1.807) is 11.9 Å². The fourth-order valence-electron chi connectivity index (χ4n) is 2.49. The van der Waals surface area contributed by atoms with Crippen molar-refractivity contribution in [3.8, 4) is 0 Å². The monoisotopic (exact) mass is 258 g/mol. The molecule has 1 saturated heterocycles. The third-order valence-electron chi connectivity index (χ3n) is 3.57. The topological polar surface area (TPSA) is 81.1 Å². The fourth-order valence-corrected chi connectivity index (χ4v) is 2.49. The molecule has 0 saturated carbocycles. The molecule has 0 aliphatic carbocycles. The number of urea groups is 1. The second-order valence-corrected chi connectivity index (χ2v) is 4.93. The van der Waals surface area contributed by atoms with E-state index < -0.39 is 11.4 Å². The Kier molecular flexibility index (Phi) is 4.95. The molecule has 1 fully saturated rings. The summed E-state index contributed by atoms with van der Waals surface area (Å²) >= 11 is 0. The first-order valence-electron chi connectivity index (χ1n) is 6.31. The van der Waals surface area contributed by atoms with Crippen LogP contribution in [-0.2, 0) is 4.79 Å². The van der Waals surface area contributed by atoms with Crippen LogP contribution in [0.4, 0.5) is 4.79 Å². The van der Waals surface area contributed by atoms with Crippen LogP contribution in [0.15, 0.2) is 0 Å². The second-order valence-electron chi connectivity index (χ2n) is 4.93. The number of carboxylic acid groups (broad SMARTS) is 1. The van der Waals surface area contributed by atoms with Crippen molar-refractivity contribution in [3.05, 3.63) is 0 Å². The van der Waals surface area contributed by atoms with Crippen LogP contribution in [0.2, 0.25) is 0 Å². The smallest absolute Gasteiger partial charge is 0.319 e. The van der Waals surface area contributed by atoms with E-state index in [1.807, 2.05) is 6.92 Å². The number of carbonyl (C=O) groups excluding carboxylic acids is 1. The molecule has 104 valence electrons. The second kappa shape index (κ2) is 6.04. The minimum absolute atomic E-state index is 0.0882. The number of likely N-dealkylation sites (tertiary alicyclic amines) is 1. The highest BCUT2D eigenvalue weighted by atomic mass is 16.4. The molecule has 0 aromatic rings. The normalized spacial score (nSPS) is 23.2. The molecule has 1 aliphatic heterocycles. The summed E-state index contributed by atoms with van der Waals surface area (Å²) in [6.07, 6.45) is 1.89. The van der Waals surface area contributed by atoms with E-state index in [9.17, 15) is 14.7 Å². The Bertz CT molecular complexity index is 321. The van der Waals surface area contributed by atoms with Crippen LogP contribution < -0.4 is 0 Å². The summed E-state index contributed by atoms with van der Waals surface area (Å²) in [7, 11) is 1.61. The summed E-state index contributed by atoms with van der Waals surface area (Å²) in [5, 5.41) is 18.1. The molecule has 0 radical (unpaired) electrons. The largest absolute Gasteiger partial charge is 0.481 e. The SMILES string of the molecule is CCCC1(C(=O)O)CCN(C(=O)N(C)CCO)C1. The highest BCUT2D eigenvalue weighted by molar-refractivity contribution is 5.79. The Morgan fingerprint density at radius 1 is 1.44 bits per heavy atom. The summed E-state index contributed by atoms with van der Waals surface area (Å²) in [6.45, 7) is 2.87. The Hall–Kier alpha value is -1.30. The van der Waals surface area contributed by atoms with Gasteiger partial charge in [0.05, 0.1) is 12.0 Å². The lowest BCUT2D eigenvalue weighted by Gasteiger charge is -2.27. The van der Waals surface area contributed by atoms with Crippen molar-refractivity contribution >= 4 is 12.0 Å². The number of amides is 2. The predicted octanol–water partition coefficient (Wildman–Crippen LogP) is 0.607. The van der Waals surface area contributed by atoms with Gasteiger partial charge in [-0.15, -0.1) is 0 Å². The van der Waals surface area contributed by atoms with Gasteiger partial charge < -0.3 is 20.0 Å². The first kappa shape index (κ1) is 14.8. The number of carboxylic acids is 1. The van der Waals surface area contributed by atoms with Crippen LogP contribution in [-0.4, -0.2) is 65.3 Å². The number of nitrogens with zero attached hydrogens (tertiary/aromatic N) is 2. The lowest BCUT2D eigenvalue weighted by atomic mass is 9.83. The highest BCUT2D eigenvalue weighted by Crippen LogP contribution is 2.35. The Morgan fingerprint density at radius 2 is 2.11 bits per heavy atom. The van der Waals surface area contributed by atoms with Crippen LogP contribution in [0.25, 0.3) is 0 Å². The molecule has 1 unspecified atom stereocenters. The van der Waals surface area contributed by atoms with Gasteiger partial charge in [-0.2, -0.15) is 0 Å². The minimum Gasteiger partial charge on any atom is -0.481 e. The maximum atomic E-state index is 12.0. The van der Waals surface area contributed by atoms with Crippen molar-refractivity contribution in [1.29, 1.82) is 0 Å². The molecule has 0 aromatic carbocycles. The van der Waals surface area contributed by atoms with E-state index >= 15 is 0 Å². The molecule has 1 atom stereocenters. The maximum absolute atomic E-state index is 12.0. The van der Waals surface area contributed by atoms with Gasteiger partial charge in [-0.1, -0.05) is 13.3 Å². The number of carbonyl (C=O) groups is 2. The average Bonchev–Trinajstić information content (AvgIpc) is 2.74. The van der Waals surface area contributed by atoms with Crippen molar-refractivity contribution in [1.82, 2.24) is 9.80 Å². The Labute approximate surface area is 107 Å². The van der Waals surface area contributed by atoms with Gasteiger partial charge in [0.2, 0.25) is 0 Å². The third kappa shape index (κ3) is 2.93. The zero-order valence-electron chi connectivity index (χ0n) is 11.1. The molecule has 6 nitrogen and oxygen atoms in total. The maximum Gasteiger partial charge on any atom is 0.319 e. The molecular weight excluding hydrogens is 236 g/mol. The summed E-state index contributed by atoms with van der Waals surface area (Å²) in [5.41, 5.74) is -0.787. The number of aliphatic hydroxyl groups excluding tert-OH is 1. The molecule has 1 aliphatic rings. The summed E-state index contributed by atoms with van der Waals surface area (Å²) < 4.78 is 0. The van der Waals surface area contributed by atoms with Crippen LogP contribution in [0.3, 0.4) is 0 Å². The number of hydrogen-bond acceptors (Lipinski definition) is 3. The average molecular weight is 258 g/mol. The van der Waals surface area contributed by atoms with Crippen molar-refractivity contribution in [2.24, 2.45) is 5.41 Å². The molecule has 2 amide bonds. The molecule has 18 heavy (non-hydrogen) atoms. The van der Waals surface area contributed by atoms with Gasteiger partial charge in [-0.25, -0.2) is 4.79 Å². The van der Waals surface area contributed by atoms with Crippen LogP contribution in [0, 0.1) is 5.41 Å². The number of rotatable bonds is 5. The number of likely N-dealkylation sites (N-methyl/N-ethyl adjacent to an activating group) is 1. The molecule has 6 heteroatoms. The van der Waals surface area contributed by atoms with Gasteiger partial charge >= 0.3 is 12.0 Å². The molecule has 0 bridgehead atoms.